The Balaban J connectivity index is 1.63. The lowest BCUT2D eigenvalue weighted by Crippen LogP contribution is -2.59. The number of hydrogen-bond donors (Lipinski definition) is 3. The molecular weight excluding hydrogens is 512 g/mol. The Hall–Kier alpha value is -0.790. The molecule has 208 valence electrons. The van der Waals surface area contributed by atoms with Crippen molar-refractivity contribution in [2.24, 2.45) is 46.3 Å². The molecule has 0 aliphatic heterocycles. The minimum atomic E-state index is -4.70. The molecule has 0 radical (unpaired) electrons. The summed E-state index contributed by atoms with van der Waals surface area (Å²) < 4.78 is 75.5. The lowest BCUT2D eigenvalue weighted by Gasteiger charge is -2.62. The van der Waals surface area contributed by atoms with Crippen LogP contribution in [0.1, 0.15) is 85.0 Å². The molecule has 1 unspecified atom stereocenters. The number of carbonyl (C=O) groups is 1. The highest BCUT2D eigenvalue weighted by atomic mass is 32.3. The van der Waals surface area contributed by atoms with Crippen LogP contribution in [0.4, 0.5) is 0 Å². The second kappa shape index (κ2) is 9.75. The highest BCUT2D eigenvalue weighted by Gasteiger charge is 2.64. The third-order valence-corrected chi connectivity index (χ3v) is 11.7. The normalized spacial score (nSPS) is 43.8. The van der Waals surface area contributed by atoms with Gasteiger partial charge in [-0.1, -0.05) is 20.8 Å². The van der Waals surface area contributed by atoms with E-state index in [-0.39, 0.29) is 46.8 Å². The molecular formula is C24H40O10S2. The number of fused-ring (bicyclic) bond motifs is 5. The van der Waals surface area contributed by atoms with E-state index in [1.807, 2.05) is 0 Å². The molecule has 0 aromatic carbocycles. The largest absolute Gasteiger partial charge is 0.481 e. The van der Waals surface area contributed by atoms with Crippen molar-refractivity contribution in [2.75, 3.05) is 0 Å². The number of aliphatic carboxylic acids is 1. The molecule has 3 N–H and O–H groups in total. The van der Waals surface area contributed by atoms with Crippen molar-refractivity contribution >= 4 is 26.8 Å². The Bertz CT molecular complexity index is 1060. The monoisotopic (exact) mass is 552 g/mol. The molecule has 10 atom stereocenters. The smallest absolute Gasteiger partial charge is 0.397 e. The second-order valence-electron chi connectivity index (χ2n) is 12.3. The molecule has 0 bridgehead atoms. The Morgan fingerprint density at radius 1 is 0.917 bits per heavy atom. The van der Waals surface area contributed by atoms with E-state index >= 15 is 0 Å². The first-order valence-electron chi connectivity index (χ1n) is 13.1. The van der Waals surface area contributed by atoms with Gasteiger partial charge in [-0.25, -0.2) is 8.37 Å². The van der Waals surface area contributed by atoms with Gasteiger partial charge < -0.3 is 5.11 Å². The predicted octanol–water partition coefficient (Wildman–Crippen LogP) is 4.13. The van der Waals surface area contributed by atoms with Crippen molar-refractivity contribution < 1.29 is 44.2 Å². The fraction of sp³-hybridized carbons (Fsp3) is 0.958. The van der Waals surface area contributed by atoms with Crippen LogP contribution in [0.25, 0.3) is 0 Å². The fourth-order valence-corrected chi connectivity index (χ4v) is 10.2. The van der Waals surface area contributed by atoms with Gasteiger partial charge in [0.2, 0.25) is 0 Å². The van der Waals surface area contributed by atoms with E-state index in [1.54, 1.807) is 0 Å². The Kier molecular flexibility index (Phi) is 7.64. The molecule has 10 nitrogen and oxygen atoms in total. The van der Waals surface area contributed by atoms with Gasteiger partial charge in [0.1, 0.15) is 0 Å². The predicted molar refractivity (Wildman–Crippen MR) is 129 cm³/mol. The number of rotatable bonds is 8. The van der Waals surface area contributed by atoms with Gasteiger partial charge >= 0.3 is 26.8 Å². The third kappa shape index (κ3) is 5.49. The van der Waals surface area contributed by atoms with Crippen LogP contribution in [0, 0.1) is 46.3 Å². The number of carboxylic acids is 1. The van der Waals surface area contributed by atoms with E-state index in [4.69, 9.17) is 13.5 Å². The minimum absolute atomic E-state index is 0.0750. The second-order valence-corrected chi connectivity index (χ2v) is 14.4. The van der Waals surface area contributed by atoms with Gasteiger partial charge in [0.25, 0.3) is 0 Å². The Morgan fingerprint density at radius 3 is 2.14 bits per heavy atom. The Morgan fingerprint density at radius 2 is 1.53 bits per heavy atom. The van der Waals surface area contributed by atoms with Gasteiger partial charge in [-0.3, -0.25) is 13.9 Å². The maximum Gasteiger partial charge on any atom is 0.397 e. The van der Waals surface area contributed by atoms with Gasteiger partial charge in [-0.2, -0.15) is 16.8 Å². The van der Waals surface area contributed by atoms with E-state index in [0.29, 0.717) is 38.0 Å². The summed E-state index contributed by atoms with van der Waals surface area (Å²) in [6.45, 7) is 6.58. The average molecular weight is 553 g/mol. The number of carboxylic acid groups (broad SMARTS) is 1. The summed E-state index contributed by atoms with van der Waals surface area (Å²) in [5, 5.41) is 9.17. The van der Waals surface area contributed by atoms with Crippen LogP contribution in [0.15, 0.2) is 0 Å². The highest BCUT2D eigenvalue weighted by molar-refractivity contribution is 7.81. The van der Waals surface area contributed by atoms with E-state index in [9.17, 15) is 30.7 Å². The summed E-state index contributed by atoms with van der Waals surface area (Å²) in [4.78, 5) is 11.2. The van der Waals surface area contributed by atoms with Crippen LogP contribution in [0.5, 0.6) is 0 Å². The van der Waals surface area contributed by atoms with Crippen LogP contribution >= 0.6 is 0 Å². The van der Waals surface area contributed by atoms with Gasteiger partial charge in [0.05, 0.1) is 12.2 Å². The molecule has 0 aromatic rings. The summed E-state index contributed by atoms with van der Waals surface area (Å²) >= 11 is 0. The zero-order chi connectivity index (χ0) is 26.7. The van der Waals surface area contributed by atoms with Crippen LogP contribution < -0.4 is 0 Å². The summed E-state index contributed by atoms with van der Waals surface area (Å²) in [6, 6.07) is 0. The molecule has 0 heterocycles. The quantitative estimate of drug-likeness (QED) is 0.373. The van der Waals surface area contributed by atoms with Gasteiger partial charge in [0.15, 0.2) is 0 Å². The van der Waals surface area contributed by atoms with Crippen LogP contribution in [-0.2, 0) is 34.0 Å². The van der Waals surface area contributed by atoms with E-state index in [1.165, 1.54) is 0 Å². The van der Waals surface area contributed by atoms with Crippen molar-refractivity contribution in [3.63, 3.8) is 0 Å². The van der Waals surface area contributed by atoms with Crippen molar-refractivity contribution in [1.82, 2.24) is 0 Å². The standard InChI is InChI=1S/C24H40O10S2/c1-14(4-7-21(25)26)17-5-6-18-22-19(9-11-24(17,18)3)23(2)10-8-16(33-35(27,28)29)12-15(23)13-20(22)34-36(30,31)32/h14-20,22H,4-13H2,1-3H3,(H,25,26)(H,27,28,29)(H,30,31,32)/t14-,15+,16-,17-,18+,19+,20+,22?,23+,24-/m1/s1. The molecule has 4 saturated carbocycles. The molecule has 0 saturated heterocycles. The Labute approximate surface area is 214 Å². The maximum atomic E-state index is 11.9. The van der Waals surface area contributed by atoms with Crippen molar-refractivity contribution in [1.29, 1.82) is 0 Å². The third-order valence-electron chi connectivity index (χ3n) is 10.7. The number of hydrogen-bond acceptors (Lipinski definition) is 7. The molecule has 4 aliphatic carbocycles. The lowest BCUT2D eigenvalue weighted by molar-refractivity contribution is -0.166. The van der Waals surface area contributed by atoms with Crippen molar-refractivity contribution in [2.45, 2.75) is 97.2 Å². The van der Waals surface area contributed by atoms with Crippen LogP contribution in [-0.4, -0.2) is 49.2 Å². The molecule has 12 heteroatoms. The first-order valence-corrected chi connectivity index (χ1v) is 15.8. The first kappa shape index (κ1) is 28.2. The van der Waals surface area contributed by atoms with Gasteiger partial charge in [0, 0.05) is 6.42 Å². The van der Waals surface area contributed by atoms with Gasteiger partial charge in [-0.05, 0) is 104 Å². The van der Waals surface area contributed by atoms with Crippen LogP contribution in [0.3, 0.4) is 0 Å². The molecule has 0 aromatic heterocycles. The van der Waals surface area contributed by atoms with Crippen molar-refractivity contribution in [3.8, 4) is 0 Å². The summed E-state index contributed by atoms with van der Waals surface area (Å²) in [5.74, 6) is -0.0748. The topological polar surface area (TPSA) is 164 Å². The average Bonchev–Trinajstić information content (AvgIpc) is 3.08. The lowest BCUT2D eigenvalue weighted by atomic mass is 9.43. The summed E-state index contributed by atoms with van der Waals surface area (Å²) in [6.07, 6.45) is 4.89. The molecule has 0 amide bonds. The molecule has 4 rings (SSSR count). The van der Waals surface area contributed by atoms with E-state index < -0.39 is 39.0 Å². The van der Waals surface area contributed by atoms with E-state index in [0.717, 1.165) is 25.7 Å². The molecule has 4 aliphatic rings. The SMILES string of the molecule is C[C@H](CCC(=O)O)[C@H]1CC[C@H]2C3[C@@H](OS(=O)(=O)O)C[C@@H]4C[C@H](OS(=O)(=O)O)CC[C@]4(C)[C@H]3CC[C@]12C. The molecule has 0 spiro atoms. The van der Waals surface area contributed by atoms with Crippen molar-refractivity contribution in [3.05, 3.63) is 0 Å². The van der Waals surface area contributed by atoms with E-state index in [2.05, 4.69) is 20.8 Å². The zero-order valence-corrected chi connectivity index (χ0v) is 22.8. The first-order chi connectivity index (χ1) is 16.5. The van der Waals surface area contributed by atoms with Crippen LogP contribution in [0.2, 0.25) is 0 Å². The zero-order valence-electron chi connectivity index (χ0n) is 21.2. The maximum absolute atomic E-state index is 11.9. The minimum Gasteiger partial charge on any atom is -0.481 e. The highest BCUT2D eigenvalue weighted by Crippen LogP contribution is 2.69. The summed E-state index contributed by atoms with van der Waals surface area (Å²) in [5.41, 5.74) is -0.244. The van der Waals surface area contributed by atoms with Gasteiger partial charge in [-0.15, -0.1) is 0 Å². The summed E-state index contributed by atoms with van der Waals surface area (Å²) in [7, 11) is -9.30. The molecule has 36 heavy (non-hydrogen) atoms. The fourth-order valence-electron chi connectivity index (χ4n) is 9.20. The molecule has 4 fully saturated rings.